The predicted molar refractivity (Wildman–Crippen MR) is 55.7 cm³/mol. The van der Waals surface area contributed by atoms with E-state index in [0.29, 0.717) is 0 Å². The van der Waals surface area contributed by atoms with Gasteiger partial charge >= 0.3 is 0 Å². The van der Waals surface area contributed by atoms with E-state index in [2.05, 4.69) is 21.1 Å². The zero-order valence-corrected chi connectivity index (χ0v) is 8.95. The van der Waals surface area contributed by atoms with E-state index in [1.165, 1.54) is 6.07 Å². The van der Waals surface area contributed by atoms with E-state index in [-0.39, 0.29) is 27.4 Å². The Morgan fingerprint density at radius 2 is 2.13 bits per heavy atom. The Balaban J connectivity index is 2.62. The van der Waals surface area contributed by atoms with Crippen LogP contribution in [0.1, 0.15) is 0 Å². The number of nitrogens with zero attached hydrogens (tertiary/aromatic N) is 1. The van der Waals surface area contributed by atoms with Crippen molar-refractivity contribution in [1.82, 2.24) is 5.16 Å². The first-order valence-corrected chi connectivity index (χ1v) is 4.78. The van der Waals surface area contributed by atoms with Gasteiger partial charge in [0.05, 0.1) is 10.0 Å². The maximum Gasteiger partial charge on any atom is 0.172 e. The second kappa shape index (κ2) is 3.54. The fraction of sp³-hybridized carbons (Fsp3) is 0. The molecule has 1 heterocycles. The van der Waals surface area contributed by atoms with Crippen LogP contribution in [-0.4, -0.2) is 10.3 Å². The molecule has 1 aromatic carbocycles. The van der Waals surface area contributed by atoms with Crippen molar-refractivity contribution in [2.75, 3.05) is 5.73 Å². The molecular formula is C9H6BrFN2O2. The summed E-state index contributed by atoms with van der Waals surface area (Å²) in [5.41, 5.74) is 5.55. The lowest BCUT2D eigenvalue weighted by molar-refractivity contribution is 0.427. The van der Waals surface area contributed by atoms with Gasteiger partial charge in [0.1, 0.15) is 11.6 Å². The average Bonchev–Trinajstić information content (AvgIpc) is 2.58. The van der Waals surface area contributed by atoms with Crippen LogP contribution in [0.15, 0.2) is 27.2 Å². The molecule has 78 valence electrons. The molecule has 2 rings (SSSR count). The van der Waals surface area contributed by atoms with Crippen molar-refractivity contribution in [3.8, 4) is 17.1 Å². The fourth-order valence-electron chi connectivity index (χ4n) is 1.17. The highest BCUT2D eigenvalue weighted by Crippen LogP contribution is 2.36. The molecule has 0 saturated heterocycles. The van der Waals surface area contributed by atoms with Gasteiger partial charge in [0.25, 0.3) is 0 Å². The van der Waals surface area contributed by atoms with Gasteiger partial charge in [0.15, 0.2) is 11.6 Å². The van der Waals surface area contributed by atoms with E-state index < -0.39 is 5.82 Å². The second-order valence-electron chi connectivity index (χ2n) is 2.90. The largest absolute Gasteiger partial charge is 0.506 e. The predicted octanol–water partition coefficient (Wildman–Crippen LogP) is 2.53. The summed E-state index contributed by atoms with van der Waals surface area (Å²) in [5.74, 6) is -0.229. The van der Waals surface area contributed by atoms with E-state index in [4.69, 9.17) is 10.3 Å². The zero-order chi connectivity index (χ0) is 11.0. The molecule has 0 fully saturated rings. The molecule has 1 aromatic heterocycles. The molecule has 0 saturated carbocycles. The smallest absolute Gasteiger partial charge is 0.172 e. The van der Waals surface area contributed by atoms with Crippen LogP contribution in [0.4, 0.5) is 10.2 Å². The summed E-state index contributed by atoms with van der Waals surface area (Å²) in [6.07, 6.45) is 0. The first kappa shape index (κ1) is 9.97. The van der Waals surface area contributed by atoms with Crippen LogP contribution < -0.4 is 5.73 Å². The summed E-state index contributed by atoms with van der Waals surface area (Å²) in [4.78, 5) is 0. The molecule has 0 spiro atoms. The Kier molecular flexibility index (Phi) is 2.36. The fourth-order valence-corrected chi connectivity index (χ4v) is 1.60. The summed E-state index contributed by atoms with van der Waals surface area (Å²) in [7, 11) is 0. The maximum atomic E-state index is 13.1. The zero-order valence-electron chi connectivity index (χ0n) is 7.37. The standard InChI is InChI=1S/C9H6BrFN2O2/c10-6-2-4(11)1-5(9(6)14)7-3-8(12)13-15-7/h1-3,14H,(H2,12,13). The number of hydrogen-bond donors (Lipinski definition) is 2. The monoisotopic (exact) mass is 272 g/mol. The van der Waals surface area contributed by atoms with Crippen LogP contribution in [0.25, 0.3) is 11.3 Å². The summed E-state index contributed by atoms with van der Waals surface area (Å²) in [5, 5.41) is 13.1. The van der Waals surface area contributed by atoms with Gasteiger partial charge in [-0.05, 0) is 28.1 Å². The van der Waals surface area contributed by atoms with Crippen molar-refractivity contribution in [1.29, 1.82) is 0 Å². The first-order chi connectivity index (χ1) is 7.08. The van der Waals surface area contributed by atoms with Gasteiger partial charge in [0, 0.05) is 6.07 Å². The van der Waals surface area contributed by atoms with E-state index in [1.807, 2.05) is 0 Å². The Morgan fingerprint density at radius 3 is 2.73 bits per heavy atom. The minimum absolute atomic E-state index is 0.118. The summed E-state index contributed by atoms with van der Waals surface area (Å²) >= 11 is 3.02. The topological polar surface area (TPSA) is 72.3 Å². The number of phenols is 1. The highest BCUT2D eigenvalue weighted by Gasteiger charge is 2.14. The molecule has 3 N–H and O–H groups in total. The van der Waals surface area contributed by atoms with Crippen LogP contribution in [0.3, 0.4) is 0 Å². The SMILES string of the molecule is Nc1cc(-c2cc(F)cc(Br)c2O)on1. The molecule has 0 aliphatic rings. The van der Waals surface area contributed by atoms with E-state index in [1.54, 1.807) is 0 Å². The summed E-state index contributed by atoms with van der Waals surface area (Å²) < 4.78 is 18.1. The van der Waals surface area contributed by atoms with E-state index >= 15 is 0 Å². The number of halogens is 2. The number of anilines is 1. The lowest BCUT2D eigenvalue weighted by Gasteiger charge is -2.02. The van der Waals surface area contributed by atoms with Crippen LogP contribution in [0.2, 0.25) is 0 Å². The normalized spacial score (nSPS) is 10.5. The number of hydrogen-bond acceptors (Lipinski definition) is 4. The van der Waals surface area contributed by atoms with Gasteiger partial charge < -0.3 is 15.4 Å². The number of nitrogens with two attached hydrogens (primary N) is 1. The summed E-state index contributed by atoms with van der Waals surface area (Å²) in [6.45, 7) is 0. The lowest BCUT2D eigenvalue weighted by Crippen LogP contribution is -1.82. The second-order valence-corrected chi connectivity index (χ2v) is 3.75. The third kappa shape index (κ3) is 1.80. The first-order valence-electron chi connectivity index (χ1n) is 3.98. The molecule has 2 aromatic rings. The van der Waals surface area contributed by atoms with Gasteiger partial charge in [-0.25, -0.2) is 4.39 Å². The van der Waals surface area contributed by atoms with Gasteiger partial charge in [-0.15, -0.1) is 0 Å². The molecular weight excluding hydrogens is 267 g/mol. The number of aromatic nitrogens is 1. The Morgan fingerprint density at radius 1 is 1.40 bits per heavy atom. The van der Waals surface area contributed by atoms with E-state index in [9.17, 15) is 9.50 Å². The number of benzene rings is 1. The highest BCUT2D eigenvalue weighted by atomic mass is 79.9. The Hall–Kier alpha value is -1.56. The minimum atomic E-state index is -0.496. The van der Waals surface area contributed by atoms with Crippen molar-refractivity contribution in [3.05, 3.63) is 28.5 Å². The number of phenolic OH excluding ortho intramolecular Hbond substituents is 1. The molecule has 0 unspecified atom stereocenters. The van der Waals surface area contributed by atoms with Crippen molar-refractivity contribution in [2.24, 2.45) is 0 Å². The van der Waals surface area contributed by atoms with Gasteiger partial charge in [-0.3, -0.25) is 0 Å². The lowest BCUT2D eigenvalue weighted by atomic mass is 10.1. The molecule has 0 radical (unpaired) electrons. The molecule has 0 bridgehead atoms. The molecule has 15 heavy (non-hydrogen) atoms. The quantitative estimate of drug-likeness (QED) is 0.837. The number of rotatable bonds is 1. The van der Waals surface area contributed by atoms with Crippen LogP contribution >= 0.6 is 15.9 Å². The number of aromatic hydroxyl groups is 1. The molecule has 0 atom stereocenters. The van der Waals surface area contributed by atoms with Gasteiger partial charge in [-0.2, -0.15) is 0 Å². The van der Waals surface area contributed by atoms with E-state index in [0.717, 1.165) is 12.1 Å². The van der Waals surface area contributed by atoms with Gasteiger partial charge in [-0.1, -0.05) is 5.16 Å². The molecule has 0 amide bonds. The summed E-state index contributed by atoms with van der Waals surface area (Å²) in [6, 6.07) is 3.69. The minimum Gasteiger partial charge on any atom is -0.506 e. The number of nitrogen functional groups attached to an aromatic ring is 1. The Labute approximate surface area is 92.6 Å². The Bertz CT molecular complexity index is 513. The van der Waals surface area contributed by atoms with Crippen molar-refractivity contribution < 1.29 is 14.0 Å². The van der Waals surface area contributed by atoms with Crippen molar-refractivity contribution in [3.63, 3.8) is 0 Å². The third-order valence-corrected chi connectivity index (χ3v) is 2.43. The highest BCUT2D eigenvalue weighted by molar-refractivity contribution is 9.10. The average molecular weight is 273 g/mol. The maximum absolute atomic E-state index is 13.1. The van der Waals surface area contributed by atoms with Crippen molar-refractivity contribution in [2.45, 2.75) is 0 Å². The molecule has 0 aliphatic heterocycles. The van der Waals surface area contributed by atoms with Crippen LogP contribution in [0, 0.1) is 5.82 Å². The van der Waals surface area contributed by atoms with Crippen LogP contribution in [0.5, 0.6) is 5.75 Å². The van der Waals surface area contributed by atoms with Gasteiger partial charge in [0.2, 0.25) is 0 Å². The molecule has 4 nitrogen and oxygen atoms in total. The molecule has 6 heteroatoms. The van der Waals surface area contributed by atoms with Crippen LogP contribution in [-0.2, 0) is 0 Å². The van der Waals surface area contributed by atoms with Crippen molar-refractivity contribution >= 4 is 21.7 Å². The third-order valence-electron chi connectivity index (χ3n) is 1.82. The molecule has 0 aliphatic carbocycles.